The maximum absolute atomic E-state index is 12.9. The topological polar surface area (TPSA) is 32.8 Å². The van der Waals surface area contributed by atoms with Crippen LogP contribution in [0.2, 0.25) is 0 Å². The lowest BCUT2D eigenvalue weighted by atomic mass is 10.0. The van der Waals surface area contributed by atoms with E-state index in [1.54, 1.807) is 0 Å². The normalized spacial score (nSPS) is 16.9. The standard InChI is InChI=1S/C25H32N2O2.ClH/c28-25(27-18-13-21-7-2-3-8-22(21)14-19-27)23-9-11-24(12-10-23)29-20-6-17-26-15-4-1-5-16-26;/h2-3,7-12H,1,4-6,13-20H2;1H. The van der Waals surface area contributed by atoms with Crippen molar-refractivity contribution in [1.29, 1.82) is 0 Å². The summed E-state index contributed by atoms with van der Waals surface area (Å²) < 4.78 is 5.89. The van der Waals surface area contributed by atoms with E-state index in [4.69, 9.17) is 4.74 Å². The number of carbonyl (C=O) groups excluding carboxylic acids is 1. The van der Waals surface area contributed by atoms with Gasteiger partial charge in [0.25, 0.3) is 5.91 Å². The molecule has 1 saturated heterocycles. The average molecular weight is 429 g/mol. The SMILES string of the molecule is Cl.O=C(c1ccc(OCCCN2CCCCC2)cc1)N1CCc2ccccc2CC1. The summed E-state index contributed by atoms with van der Waals surface area (Å²) in [7, 11) is 0. The predicted octanol–water partition coefficient (Wildman–Crippen LogP) is 4.60. The molecule has 0 aliphatic carbocycles. The van der Waals surface area contributed by atoms with Crippen LogP contribution in [-0.2, 0) is 12.8 Å². The number of fused-ring (bicyclic) bond motifs is 1. The molecule has 1 fully saturated rings. The predicted molar refractivity (Wildman–Crippen MR) is 124 cm³/mol. The Bertz CT molecular complexity index is 776. The number of halogens is 1. The van der Waals surface area contributed by atoms with Gasteiger partial charge in [-0.2, -0.15) is 0 Å². The minimum atomic E-state index is 0. The van der Waals surface area contributed by atoms with Crippen LogP contribution in [-0.4, -0.2) is 55.0 Å². The molecule has 4 rings (SSSR count). The molecule has 0 aromatic heterocycles. The number of benzene rings is 2. The van der Waals surface area contributed by atoms with Gasteiger partial charge in [0.2, 0.25) is 0 Å². The van der Waals surface area contributed by atoms with E-state index in [0.29, 0.717) is 0 Å². The van der Waals surface area contributed by atoms with Crippen molar-refractivity contribution in [3.8, 4) is 5.75 Å². The fourth-order valence-corrected chi connectivity index (χ4v) is 4.41. The summed E-state index contributed by atoms with van der Waals surface area (Å²) in [6.07, 6.45) is 6.95. The van der Waals surface area contributed by atoms with Crippen LogP contribution in [0.1, 0.15) is 47.2 Å². The number of hydrogen-bond acceptors (Lipinski definition) is 3. The zero-order valence-electron chi connectivity index (χ0n) is 17.7. The highest BCUT2D eigenvalue weighted by Gasteiger charge is 2.19. The fourth-order valence-electron chi connectivity index (χ4n) is 4.41. The zero-order valence-corrected chi connectivity index (χ0v) is 18.5. The lowest BCUT2D eigenvalue weighted by Gasteiger charge is -2.26. The average Bonchev–Trinajstić information content (AvgIpc) is 3.00. The Balaban J connectivity index is 0.00000256. The molecule has 162 valence electrons. The number of hydrogen-bond donors (Lipinski definition) is 0. The number of amides is 1. The van der Waals surface area contributed by atoms with Gasteiger partial charge in [-0.1, -0.05) is 30.7 Å². The molecule has 2 heterocycles. The Hall–Kier alpha value is -2.04. The van der Waals surface area contributed by atoms with E-state index in [9.17, 15) is 4.79 Å². The molecule has 30 heavy (non-hydrogen) atoms. The molecule has 0 N–H and O–H groups in total. The van der Waals surface area contributed by atoms with Crippen molar-refractivity contribution in [3.63, 3.8) is 0 Å². The number of nitrogens with zero attached hydrogens (tertiary/aromatic N) is 2. The largest absolute Gasteiger partial charge is 0.494 e. The third-order valence-corrected chi connectivity index (χ3v) is 6.15. The third-order valence-electron chi connectivity index (χ3n) is 6.15. The summed E-state index contributed by atoms with van der Waals surface area (Å²) in [5, 5.41) is 0. The van der Waals surface area contributed by atoms with Gasteiger partial charge < -0.3 is 14.5 Å². The number of likely N-dealkylation sites (tertiary alicyclic amines) is 1. The van der Waals surface area contributed by atoms with Crippen LogP contribution in [0, 0.1) is 0 Å². The molecule has 2 aromatic carbocycles. The molecule has 0 saturated carbocycles. The molecule has 1 amide bonds. The van der Waals surface area contributed by atoms with E-state index in [2.05, 4.69) is 29.2 Å². The van der Waals surface area contributed by atoms with Crippen molar-refractivity contribution in [3.05, 3.63) is 65.2 Å². The van der Waals surface area contributed by atoms with Gasteiger partial charge in [-0.25, -0.2) is 0 Å². The number of carbonyl (C=O) groups is 1. The van der Waals surface area contributed by atoms with Crippen molar-refractivity contribution in [2.75, 3.05) is 39.3 Å². The molecule has 2 aliphatic rings. The van der Waals surface area contributed by atoms with Crippen LogP contribution < -0.4 is 4.74 Å². The van der Waals surface area contributed by atoms with E-state index in [-0.39, 0.29) is 18.3 Å². The van der Waals surface area contributed by atoms with Crippen LogP contribution >= 0.6 is 12.4 Å². The molecule has 2 aliphatic heterocycles. The van der Waals surface area contributed by atoms with Crippen LogP contribution in [0.4, 0.5) is 0 Å². The molecule has 0 radical (unpaired) electrons. The summed E-state index contributed by atoms with van der Waals surface area (Å²) in [6, 6.07) is 16.2. The molecular weight excluding hydrogens is 396 g/mol. The van der Waals surface area contributed by atoms with Gasteiger partial charge in [0.1, 0.15) is 5.75 Å². The highest BCUT2D eigenvalue weighted by molar-refractivity contribution is 5.94. The molecular formula is C25H33ClN2O2. The van der Waals surface area contributed by atoms with E-state index in [0.717, 1.165) is 56.8 Å². The van der Waals surface area contributed by atoms with Crippen molar-refractivity contribution in [2.24, 2.45) is 0 Å². The smallest absolute Gasteiger partial charge is 0.253 e. The Morgan fingerprint density at radius 1 is 0.833 bits per heavy atom. The van der Waals surface area contributed by atoms with Crippen molar-refractivity contribution >= 4 is 18.3 Å². The van der Waals surface area contributed by atoms with Gasteiger partial charge in [-0.15, -0.1) is 12.4 Å². The first kappa shape index (κ1) is 22.6. The Labute approximate surface area is 186 Å². The van der Waals surface area contributed by atoms with Gasteiger partial charge in [0, 0.05) is 25.2 Å². The minimum Gasteiger partial charge on any atom is -0.494 e. The zero-order chi connectivity index (χ0) is 19.9. The summed E-state index contributed by atoms with van der Waals surface area (Å²) in [5.74, 6) is 0.970. The van der Waals surface area contributed by atoms with E-state index < -0.39 is 0 Å². The van der Waals surface area contributed by atoms with Gasteiger partial charge in [-0.05, 0) is 80.6 Å². The first-order valence-electron chi connectivity index (χ1n) is 11.1. The molecule has 0 bridgehead atoms. The monoisotopic (exact) mass is 428 g/mol. The first-order valence-corrected chi connectivity index (χ1v) is 11.1. The Kier molecular flexibility index (Phi) is 8.59. The third kappa shape index (κ3) is 5.99. The van der Waals surface area contributed by atoms with Crippen molar-refractivity contribution in [1.82, 2.24) is 9.80 Å². The molecule has 0 spiro atoms. The summed E-state index contributed by atoms with van der Waals surface area (Å²) in [4.78, 5) is 17.4. The molecule has 4 nitrogen and oxygen atoms in total. The second-order valence-corrected chi connectivity index (χ2v) is 8.19. The van der Waals surface area contributed by atoms with E-state index in [1.165, 1.54) is 43.5 Å². The number of piperidine rings is 1. The van der Waals surface area contributed by atoms with Crippen LogP contribution in [0.5, 0.6) is 5.75 Å². The summed E-state index contributed by atoms with van der Waals surface area (Å²) >= 11 is 0. The van der Waals surface area contributed by atoms with Crippen molar-refractivity contribution < 1.29 is 9.53 Å². The van der Waals surface area contributed by atoms with Gasteiger partial charge in [0.15, 0.2) is 0 Å². The van der Waals surface area contributed by atoms with Crippen LogP contribution in [0.3, 0.4) is 0 Å². The maximum Gasteiger partial charge on any atom is 0.253 e. The summed E-state index contributed by atoms with van der Waals surface area (Å²) in [5.41, 5.74) is 3.49. The molecule has 2 aromatic rings. The first-order chi connectivity index (χ1) is 14.3. The van der Waals surface area contributed by atoms with Crippen LogP contribution in [0.15, 0.2) is 48.5 Å². The quantitative estimate of drug-likeness (QED) is 0.630. The minimum absolute atomic E-state index is 0. The van der Waals surface area contributed by atoms with E-state index >= 15 is 0 Å². The Morgan fingerprint density at radius 2 is 1.47 bits per heavy atom. The van der Waals surface area contributed by atoms with Gasteiger partial charge in [0.05, 0.1) is 6.61 Å². The van der Waals surface area contributed by atoms with E-state index in [1.807, 2.05) is 29.2 Å². The van der Waals surface area contributed by atoms with Crippen molar-refractivity contribution in [2.45, 2.75) is 38.5 Å². The number of ether oxygens (including phenoxy) is 1. The molecule has 0 unspecified atom stereocenters. The van der Waals surface area contributed by atoms with Gasteiger partial charge in [-0.3, -0.25) is 4.79 Å². The summed E-state index contributed by atoms with van der Waals surface area (Å²) in [6.45, 7) is 5.88. The lowest BCUT2D eigenvalue weighted by Crippen LogP contribution is -2.33. The highest BCUT2D eigenvalue weighted by atomic mass is 35.5. The fraction of sp³-hybridized carbons (Fsp3) is 0.480. The maximum atomic E-state index is 12.9. The second-order valence-electron chi connectivity index (χ2n) is 8.19. The van der Waals surface area contributed by atoms with Crippen LogP contribution in [0.25, 0.3) is 0 Å². The molecule has 5 heteroatoms. The lowest BCUT2D eigenvalue weighted by molar-refractivity contribution is 0.0763. The highest BCUT2D eigenvalue weighted by Crippen LogP contribution is 2.19. The molecule has 0 atom stereocenters. The van der Waals surface area contributed by atoms with Gasteiger partial charge >= 0.3 is 0 Å². The second kappa shape index (κ2) is 11.4. The number of rotatable bonds is 6. The Morgan fingerprint density at radius 3 is 2.10 bits per heavy atom.